The van der Waals surface area contributed by atoms with E-state index in [1.165, 1.54) is 0 Å². The molecular weight excluding hydrogens is 244 g/mol. The highest BCUT2D eigenvalue weighted by atomic mass is 79.9. The number of halogens is 1. The Hall–Kier alpha value is -1.16. The maximum Gasteiger partial charge on any atom is 0.162 e. The van der Waals surface area contributed by atoms with E-state index >= 15 is 0 Å². The largest absolute Gasteiger partial charge is 0.359 e. The number of hydrogen-bond donors (Lipinski definition) is 1. The molecule has 0 atom stereocenters. The quantitative estimate of drug-likeness (QED) is 0.794. The number of carbonyl (C=O) groups excluding carboxylic acids is 1. The molecule has 0 aliphatic heterocycles. The highest BCUT2D eigenvalue weighted by Gasteiger charge is 2.12. The third-order valence-corrected chi connectivity index (χ3v) is 2.83. The molecule has 0 aliphatic carbocycles. The molecule has 72 valence electrons. The molecule has 0 bridgehead atoms. The van der Waals surface area contributed by atoms with Crippen molar-refractivity contribution < 1.29 is 4.79 Å². The Morgan fingerprint density at radius 3 is 2.93 bits per heavy atom. The van der Waals surface area contributed by atoms with Crippen LogP contribution < -0.4 is 0 Å². The van der Waals surface area contributed by atoms with Crippen LogP contribution in [0.25, 0.3) is 10.9 Å². The topological polar surface area (TPSA) is 45.8 Å². The molecular formula is C10H9BrN2O. The van der Waals surface area contributed by atoms with Crippen molar-refractivity contribution in [3.8, 4) is 0 Å². The predicted octanol–water partition coefficient (Wildman–Crippen LogP) is 2.84. The fourth-order valence-corrected chi connectivity index (χ4v) is 1.96. The zero-order chi connectivity index (χ0) is 10.3. The number of H-pyrrole nitrogens is 1. The lowest BCUT2D eigenvalue weighted by atomic mass is 10.1. The van der Waals surface area contributed by atoms with E-state index < -0.39 is 0 Å². The second kappa shape index (κ2) is 3.20. The summed E-state index contributed by atoms with van der Waals surface area (Å²) in [5.74, 6) is 0.0549. The zero-order valence-electron chi connectivity index (χ0n) is 7.89. The summed E-state index contributed by atoms with van der Waals surface area (Å²) in [6, 6.07) is 0. The summed E-state index contributed by atoms with van der Waals surface area (Å²) < 4.78 is 0.880. The van der Waals surface area contributed by atoms with Crippen LogP contribution in [0.5, 0.6) is 0 Å². The number of nitrogens with zero attached hydrogens (tertiary/aromatic N) is 1. The Morgan fingerprint density at radius 2 is 2.29 bits per heavy atom. The molecule has 2 heterocycles. The van der Waals surface area contributed by atoms with Gasteiger partial charge in [-0.25, -0.2) is 0 Å². The SMILES string of the molecule is CC(=O)c1c[nH]c2c(Br)cnc(C)c12. The Labute approximate surface area is 89.7 Å². The van der Waals surface area contributed by atoms with Gasteiger partial charge in [-0.2, -0.15) is 0 Å². The maximum atomic E-state index is 11.3. The van der Waals surface area contributed by atoms with Crippen LogP contribution in [0.3, 0.4) is 0 Å². The van der Waals surface area contributed by atoms with Gasteiger partial charge < -0.3 is 4.98 Å². The fourth-order valence-electron chi connectivity index (χ4n) is 1.55. The van der Waals surface area contributed by atoms with Crippen molar-refractivity contribution in [3.05, 3.63) is 28.1 Å². The first kappa shape index (κ1) is 9.40. The number of hydrogen-bond acceptors (Lipinski definition) is 2. The van der Waals surface area contributed by atoms with Gasteiger partial charge in [0.1, 0.15) is 0 Å². The second-order valence-electron chi connectivity index (χ2n) is 3.20. The Balaban J connectivity index is 2.90. The van der Waals surface area contributed by atoms with Gasteiger partial charge in [-0.3, -0.25) is 9.78 Å². The molecule has 0 radical (unpaired) electrons. The number of pyridine rings is 1. The van der Waals surface area contributed by atoms with Gasteiger partial charge in [-0.1, -0.05) is 0 Å². The van der Waals surface area contributed by atoms with Crippen molar-refractivity contribution in [2.75, 3.05) is 0 Å². The minimum atomic E-state index is 0.0549. The number of aromatic amines is 1. The number of carbonyl (C=O) groups is 1. The zero-order valence-corrected chi connectivity index (χ0v) is 9.47. The van der Waals surface area contributed by atoms with E-state index in [0.717, 1.165) is 21.1 Å². The molecule has 0 aliphatic rings. The summed E-state index contributed by atoms with van der Waals surface area (Å²) in [4.78, 5) is 18.6. The molecule has 4 heteroatoms. The van der Waals surface area contributed by atoms with E-state index in [0.29, 0.717) is 5.56 Å². The van der Waals surface area contributed by atoms with E-state index in [9.17, 15) is 4.79 Å². The van der Waals surface area contributed by atoms with Crippen molar-refractivity contribution >= 4 is 32.6 Å². The molecule has 2 aromatic heterocycles. The van der Waals surface area contributed by atoms with Gasteiger partial charge in [0.25, 0.3) is 0 Å². The molecule has 0 fully saturated rings. The van der Waals surface area contributed by atoms with Crippen molar-refractivity contribution in [2.45, 2.75) is 13.8 Å². The van der Waals surface area contributed by atoms with Crippen LogP contribution in [0, 0.1) is 6.92 Å². The van der Waals surface area contributed by atoms with E-state index in [-0.39, 0.29) is 5.78 Å². The summed E-state index contributed by atoms with van der Waals surface area (Å²) in [5, 5.41) is 0.909. The molecule has 2 aromatic rings. The Morgan fingerprint density at radius 1 is 1.57 bits per heavy atom. The molecule has 0 aromatic carbocycles. The van der Waals surface area contributed by atoms with Crippen LogP contribution in [0.2, 0.25) is 0 Å². The number of aromatic nitrogens is 2. The number of aryl methyl sites for hydroxylation is 1. The Kier molecular flexibility index (Phi) is 2.15. The van der Waals surface area contributed by atoms with Gasteiger partial charge in [0.2, 0.25) is 0 Å². The standard InChI is InChI=1S/C10H9BrN2O/c1-5-9-7(6(2)14)3-13-10(9)8(11)4-12-5/h3-4,13H,1-2H3. The Bertz CT molecular complexity index is 516. The molecule has 0 amide bonds. The monoisotopic (exact) mass is 252 g/mol. The molecule has 0 unspecified atom stereocenters. The van der Waals surface area contributed by atoms with Gasteiger partial charge in [0, 0.05) is 29.0 Å². The molecule has 3 nitrogen and oxygen atoms in total. The summed E-state index contributed by atoms with van der Waals surface area (Å²) in [6.07, 6.45) is 3.46. The van der Waals surface area contributed by atoms with Crippen LogP contribution in [0.1, 0.15) is 23.0 Å². The molecule has 0 spiro atoms. The van der Waals surface area contributed by atoms with Crippen LogP contribution in [-0.2, 0) is 0 Å². The molecule has 2 rings (SSSR count). The minimum Gasteiger partial charge on any atom is -0.359 e. The average Bonchev–Trinajstić information content (AvgIpc) is 2.56. The van der Waals surface area contributed by atoms with Gasteiger partial charge in [-0.05, 0) is 29.8 Å². The molecule has 14 heavy (non-hydrogen) atoms. The van der Waals surface area contributed by atoms with Crippen LogP contribution >= 0.6 is 15.9 Å². The number of fused-ring (bicyclic) bond motifs is 1. The lowest BCUT2D eigenvalue weighted by molar-refractivity contribution is 0.101. The average molecular weight is 253 g/mol. The normalized spacial score (nSPS) is 10.8. The van der Waals surface area contributed by atoms with Crippen molar-refractivity contribution in [2.24, 2.45) is 0 Å². The summed E-state index contributed by atoms with van der Waals surface area (Å²) in [5.41, 5.74) is 2.50. The van der Waals surface area contributed by atoms with Gasteiger partial charge in [0.15, 0.2) is 5.78 Å². The van der Waals surface area contributed by atoms with Crippen LogP contribution in [0.4, 0.5) is 0 Å². The van der Waals surface area contributed by atoms with E-state index in [2.05, 4.69) is 25.9 Å². The van der Waals surface area contributed by atoms with E-state index in [1.54, 1.807) is 19.3 Å². The van der Waals surface area contributed by atoms with Crippen molar-refractivity contribution in [1.82, 2.24) is 9.97 Å². The van der Waals surface area contributed by atoms with Crippen molar-refractivity contribution in [1.29, 1.82) is 0 Å². The molecule has 0 saturated heterocycles. The number of nitrogens with one attached hydrogen (secondary N) is 1. The third kappa shape index (κ3) is 1.26. The van der Waals surface area contributed by atoms with Crippen LogP contribution in [-0.4, -0.2) is 15.8 Å². The van der Waals surface area contributed by atoms with Gasteiger partial charge in [-0.15, -0.1) is 0 Å². The lowest BCUT2D eigenvalue weighted by Gasteiger charge is -1.99. The number of ketones is 1. The smallest absolute Gasteiger partial charge is 0.162 e. The number of Topliss-reactive ketones (excluding diaryl/α,β-unsaturated/α-hetero) is 1. The molecule has 0 saturated carbocycles. The first-order valence-electron chi connectivity index (χ1n) is 4.24. The number of rotatable bonds is 1. The van der Waals surface area contributed by atoms with Crippen LogP contribution in [0.15, 0.2) is 16.9 Å². The predicted molar refractivity (Wildman–Crippen MR) is 58.5 cm³/mol. The maximum absolute atomic E-state index is 11.3. The fraction of sp³-hybridized carbons (Fsp3) is 0.200. The summed E-state index contributed by atoms with van der Waals surface area (Å²) in [6.45, 7) is 3.46. The van der Waals surface area contributed by atoms with Crippen molar-refractivity contribution in [3.63, 3.8) is 0 Å². The van der Waals surface area contributed by atoms with Gasteiger partial charge in [0.05, 0.1) is 9.99 Å². The van der Waals surface area contributed by atoms with Gasteiger partial charge >= 0.3 is 0 Å². The highest BCUT2D eigenvalue weighted by molar-refractivity contribution is 9.10. The summed E-state index contributed by atoms with van der Waals surface area (Å²) in [7, 11) is 0. The third-order valence-electron chi connectivity index (χ3n) is 2.23. The van der Waals surface area contributed by atoms with E-state index in [1.807, 2.05) is 6.92 Å². The second-order valence-corrected chi connectivity index (χ2v) is 4.05. The lowest BCUT2D eigenvalue weighted by Crippen LogP contribution is -1.92. The highest BCUT2D eigenvalue weighted by Crippen LogP contribution is 2.27. The summed E-state index contributed by atoms with van der Waals surface area (Å²) >= 11 is 3.39. The first-order valence-corrected chi connectivity index (χ1v) is 5.03. The molecule has 1 N–H and O–H groups in total. The van der Waals surface area contributed by atoms with E-state index in [4.69, 9.17) is 0 Å². The first-order chi connectivity index (χ1) is 6.61. The minimum absolute atomic E-state index is 0.0549.